The summed E-state index contributed by atoms with van der Waals surface area (Å²) < 4.78 is 83.5. The topological polar surface area (TPSA) is 429 Å². The molecule has 40 heteroatoms. The summed E-state index contributed by atoms with van der Waals surface area (Å²) in [5.41, 5.74) is 4.14. The first-order valence-electron chi connectivity index (χ1n) is 44.1. The van der Waals surface area contributed by atoms with Crippen molar-refractivity contribution in [2.24, 2.45) is 0 Å². The molecule has 0 atom stereocenters. The maximum absolute atomic E-state index is 14.2. The van der Waals surface area contributed by atoms with Gasteiger partial charge in [-0.15, -0.1) is 0 Å². The van der Waals surface area contributed by atoms with Crippen LogP contribution in [0, 0.1) is 6.92 Å². The number of alkyl halides is 4. The number of hydrogen-bond acceptors (Lipinski definition) is 25. The van der Waals surface area contributed by atoms with Crippen molar-refractivity contribution in [2.75, 3.05) is 68.3 Å². The van der Waals surface area contributed by atoms with Crippen LogP contribution in [0.2, 0.25) is 0 Å². The summed E-state index contributed by atoms with van der Waals surface area (Å²) in [6.45, 7) is 14.7. The van der Waals surface area contributed by atoms with E-state index in [0.29, 0.717) is 207 Å². The van der Waals surface area contributed by atoms with E-state index >= 15 is 0 Å². The Morgan fingerprint density at radius 1 is 0.412 bits per heavy atom. The molecule has 20 heterocycles. The van der Waals surface area contributed by atoms with Gasteiger partial charge in [0.2, 0.25) is 29.2 Å². The van der Waals surface area contributed by atoms with Crippen molar-refractivity contribution in [3.8, 4) is 34.3 Å². The van der Waals surface area contributed by atoms with Crippen molar-refractivity contribution in [1.29, 1.82) is 0 Å². The van der Waals surface area contributed by atoms with Gasteiger partial charge in [0.15, 0.2) is 0 Å². The Bertz CT molecular complexity index is 7040. The summed E-state index contributed by atoms with van der Waals surface area (Å²) >= 11 is 0. The molecule has 4 aliphatic heterocycles. The lowest BCUT2D eigenvalue weighted by Crippen LogP contribution is -2.43. The highest BCUT2D eigenvalue weighted by atomic mass is 19.2. The van der Waals surface area contributed by atoms with Crippen molar-refractivity contribution in [3.05, 3.63) is 253 Å². The Labute approximate surface area is 773 Å². The van der Waals surface area contributed by atoms with Crippen LogP contribution in [0.5, 0.6) is 0 Å². The van der Waals surface area contributed by atoms with E-state index in [4.69, 9.17) is 18.1 Å². The second-order valence-corrected chi connectivity index (χ2v) is 35.5. The van der Waals surface area contributed by atoms with Gasteiger partial charge in [0.1, 0.15) is 56.7 Å². The molecule has 0 aliphatic carbocycles. The molecule has 4 fully saturated rings. The second-order valence-electron chi connectivity index (χ2n) is 35.5. The fourth-order valence-corrected chi connectivity index (χ4v) is 16.1. The van der Waals surface area contributed by atoms with Gasteiger partial charge in [0.05, 0.1) is 111 Å². The average Bonchev–Trinajstić information content (AvgIpc) is 1.65. The van der Waals surface area contributed by atoms with Gasteiger partial charge < -0.3 is 48.1 Å². The molecular formula is C96H94F4N24O12. The Morgan fingerprint density at radius 3 is 1.27 bits per heavy atom. The SMILES string of the molecule is CC1(F)CCN(C(=O)c2cnc3c(ccn3-c3ccc(C(=O)Nc4ccno4)nc3)c2)CC1.CC1(F)CCN(C(=O)c2cnc3c(ccn3-c3cncc(C(=O)Nc4ccno4)c3)c2)CC1.CC1(F)CCN(C(=O)c2cnc3c(ccn3-c3cncc(NC(=O)c4ccno4)c3)c2)CC1.Cc1nc(-c2ccc(-n3c(CCC(C)(C)O)cc4cc(C(=O)N5CCC(C)(F)CC5)cnc43)cn2)no1. The minimum atomic E-state index is -1.22. The van der Waals surface area contributed by atoms with Crippen molar-refractivity contribution >= 4 is 103 Å². The number of pyridine rings is 8. The van der Waals surface area contributed by atoms with Crippen LogP contribution in [0.3, 0.4) is 0 Å². The molecule has 16 aromatic rings. The zero-order chi connectivity index (χ0) is 95.4. The van der Waals surface area contributed by atoms with E-state index in [9.17, 15) is 56.2 Å². The molecule has 0 bridgehead atoms. The van der Waals surface area contributed by atoms with Crippen molar-refractivity contribution in [2.45, 2.75) is 141 Å². The number of aryl methyl sites for hydroxylation is 2. The molecule has 0 unspecified atom stereocenters. The molecule has 36 nitrogen and oxygen atoms in total. The van der Waals surface area contributed by atoms with Gasteiger partial charge in [-0.2, -0.15) is 4.98 Å². The lowest BCUT2D eigenvalue weighted by molar-refractivity contribution is 0.0493. The number of nitrogens with one attached hydrogen (secondary N) is 3. The molecule has 4 saturated heterocycles. The first kappa shape index (κ1) is 92.0. The number of hydrogen-bond donors (Lipinski definition) is 4. The van der Waals surface area contributed by atoms with Crippen LogP contribution in [-0.4, -0.2) is 230 Å². The van der Waals surface area contributed by atoms with Gasteiger partial charge in [-0.1, -0.05) is 20.6 Å². The van der Waals surface area contributed by atoms with Gasteiger partial charge in [-0.3, -0.25) is 77.4 Å². The van der Waals surface area contributed by atoms with Crippen LogP contribution in [0.25, 0.3) is 78.4 Å². The number of rotatable bonds is 18. The maximum atomic E-state index is 14.2. The fourth-order valence-electron chi connectivity index (χ4n) is 16.1. The number of piperidine rings is 4. The molecule has 136 heavy (non-hydrogen) atoms. The first-order chi connectivity index (χ1) is 65.2. The van der Waals surface area contributed by atoms with E-state index in [1.165, 1.54) is 67.8 Å². The third-order valence-electron chi connectivity index (χ3n) is 24.2. The number of aliphatic hydroxyl groups is 1. The smallest absolute Gasteiger partial charge is 0.294 e. The van der Waals surface area contributed by atoms with Gasteiger partial charge in [-0.25, -0.2) is 42.5 Å². The molecule has 0 aromatic carbocycles. The molecule has 16 aromatic heterocycles. The molecule has 0 saturated carbocycles. The van der Waals surface area contributed by atoms with Crippen LogP contribution >= 0.6 is 0 Å². The number of carbonyl (C=O) groups is 7. The summed E-state index contributed by atoms with van der Waals surface area (Å²) in [5, 5.41) is 35.9. The fraction of sp³-hybridized carbons (Fsp3) is 0.312. The second kappa shape index (κ2) is 38.4. The maximum Gasteiger partial charge on any atom is 0.294 e. The quantitative estimate of drug-likeness (QED) is 0.0580. The predicted molar refractivity (Wildman–Crippen MR) is 490 cm³/mol. The van der Waals surface area contributed by atoms with E-state index in [1.807, 2.05) is 68.6 Å². The molecular weight excluding hydrogens is 1760 g/mol. The van der Waals surface area contributed by atoms with Crippen molar-refractivity contribution in [3.63, 3.8) is 0 Å². The number of amides is 7. The largest absolute Gasteiger partial charge is 0.390 e. The Morgan fingerprint density at radius 2 is 0.846 bits per heavy atom. The number of nitrogens with zero attached hydrogens (tertiary/aromatic N) is 21. The summed E-state index contributed by atoms with van der Waals surface area (Å²) in [6.07, 6.45) is 29.2. The van der Waals surface area contributed by atoms with Gasteiger partial charge in [0.25, 0.3) is 41.4 Å². The predicted octanol–water partition coefficient (Wildman–Crippen LogP) is 15.3. The highest BCUT2D eigenvalue weighted by Crippen LogP contribution is 2.35. The van der Waals surface area contributed by atoms with Crippen LogP contribution in [-0.2, 0) is 6.42 Å². The van der Waals surface area contributed by atoms with Gasteiger partial charge >= 0.3 is 0 Å². The third kappa shape index (κ3) is 21.4. The van der Waals surface area contributed by atoms with Crippen LogP contribution < -0.4 is 16.0 Å². The molecule has 0 spiro atoms. The monoisotopic (exact) mass is 1850 g/mol. The Hall–Kier alpha value is -15.9. The van der Waals surface area contributed by atoms with Gasteiger partial charge in [0, 0.05) is 154 Å². The van der Waals surface area contributed by atoms with Crippen molar-refractivity contribution < 1.29 is 74.3 Å². The lowest BCUT2D eigenvalue weighted by atomic mass is 9.95. The number of anilines is 3. The summed E-state index contributed by atoms with van der Waals surface area (Å²) in [6, 6.07) is 29.8. The summed E-state index contributed by atoms with van der Waals surface area (Å²) in [5.74, 6) is -0.376. The minimum absolute atomic E-state index is 0.0931. The minimum Gasteiger partial charge on any atom is -0.390 e. The molecule has 4 N–H and O–H groups in total. The van der Waals surface area contributed by atoms with E-state index in [0.717, 1.165) is 32.9 Å². The molecule has 4 aliphatic rings. The molecule has 7 amide bonds. The normalized spacial score (nSPS) is 15.6. The Balaban J connectivity index is 0.000000126. The van der Waals surface area contributed by atoms with E-state index in [2.05, 4.69) is 81.4 Å². The zero-order valence-corrected chi connectivity index (χ0v) is 75.1. The number of likely N-dealkylation sites (tertiary alicyclic amines) is 4. The van der Waals surface area contributed by atoms with Crippen molar-refractivity contribution in [1.82, 2.24) is 103 Å². The molecule has 698 valence electrons. The molecule has 20 rings (SSSR count). The lowest BCUT2D eigenvalue weighted by Gasteiger charge is -2.34. The van der Waals surface area contributed by atoms with E-state index in [-0.39, 0.29) is 52.8 Å². The van der Waals surface area contributed by atoms with Gasteiger partial charge in [-0.05, 0) is 191 Å². The average molecular weight is 1850 g/mol. The highest BCUT2D eigenvalue weighted by molar-refractivity contribution is 6.05. The summed E-state index contributed by atoms with van der Waals surface area (Å²) in [7, 11) is 0. The van der Waals surface area contributed by atoms with Crippen LogP contribution in [0.1, 0.15) is 184 Å². The van der Waals surface area contributed by atoms with Crippen LogP contribution in [0.4, 0.5) is 35.0 Å². The van der Waals surface area contributed by atoms with Crippen LogP contribution in [0.15, 0.2) is 220 Å². The number of carbonyl (C=O) groups excluding carboxylic acids is 7. The number of halogens is 4. The van der Waals surface area contributed by atoms with E-state index in [1.54, 1.807) is 152 Å². The highest BCUT2D eigenvalue weighted by Gasteiger charge is 2.37. The summed E-state index contributed by atoms with van der Waals surface area (Å²) in [4.78, 5) is 135. The first-order valence-corrected chi connectivity index (χ1v) is 44.1. The standard InChI is InChI=1S/C27H31FN6O3.3C23H21FN6O3/c1-17-31-23(32-37-17)22-6-5-21(16-29-22)34-20(7-8-26(2,3)36)14-18-13-19(15-30-24(18)34)25(35)33-11-9-27(4,28)10-12-33;1-23(24)4-8-29(9-5-23)22(32)17-10-15-3-7-30(20(15)26-13-17)18-11-16(12-25-14-18)21(31)28-19-2-6-27-33-19;1-23(24)4-8-29(9-5-23)22(32)16-10-15-3-7-30(20(15)26-12-16)18-11-17(13-25-14-18)28-21(31)19-2-6-27-33-19;1-23(24)6-10-29(11-7-23)22(32)16-12-15-5-9-30(20(15)26-13-16)17-2-3-18(25-14-17)21(31)28-19-4-8-27-33-19/h5-6,13-16,36H,7-12H2,1-4H3;2*2-3,6-7,10-14H,4-5,8-9H2,1H3,(H,28,31);2-5,8-9,12-14H,6-7,10-11H2,1H3,(H,28,31). The third-order valence-corrected chi connectivity index (χ3v) is 24.2. The number of fused-ring (bicyclic) bond motifs is 4. The Kier molecular flexibility index (Phi) is 25.9. The zero-order valence-electron chi connectivity index (χ0n) is 75.1. The molecule has 0 radical (unpaired) electrons. The van der Waals surface area contributed by atoms with E-state index < -0.39 is 40.1 Å². The number of aromatic nitrogens is 17.